The fourth-order valence-electron chi connectivity index (χ4n) is 4.08. The lowest BCUT2D eigenvalue weighted by Gasteiger charge is -2.36. The first-order valence-corrected chi connectivity index (χ1v) is 10.2. The summed E-state index contributed by atoms with van der Waals surface area (Å²) in [5, 5.41) is 10.6. The van der Waals surface area contributed by atoms with Crippen LogP contribution in [-0.2, 0) is 11.3 Å². The lowest BCUT2D eigenvalue weighted by atomic mass is 10.1. The van der Waals surface area contributed by atoms with Crippen molar-refractivity contribution in [2.24, 2.45) is 0 Å². The monoisotopic (exact) mass is 414 g/mol. The molecule has 1 aromatic heterocycles. The summed E-state index contributed by atoms with van der Waals surface area (Å²) in [6.45, 7) is 3.52. The first-order chi connectivity index (χ1) is 15.0. The van der Waals surface area contributed by atoms with Crippen molar-refractivity contribution in [3.8, 4) is 6.07 Å². The molecular formula is C24H22N4O3. The largest absolute Gasteiger partial charge is 0.366 e. The number of hydrogen-bond donors (Lipinski definition) is 0. The Labute approximate surface area is 179 Å². The number of benzene rings is 2. The fraction of sp³-hybridized carbons (Fsp3) is 0.250. The van der Waals surface area contributed by atoms with E-state index in [9.17, 15) is 19.6 Å². The van der Waals surface area contributed by atoms with E-state index in [1.54, 1.807) is 35.2 Å². The molecule has 0 radical (unpaired) electrons. The Morgan fingerprint density at radius 2 is 1.61 bits per heavy atom. The van der Waals surface area contributed by atoms with Crippen molar-refractivity contribution >= 4 is 28.3 Å². The molecule has 1 amide bonds. The van der Waals surface area contributed by atoms with Gasteiger partial charge >= 0.3 is 0 Å². The molecule has 0 unspecified atom stereocenters. The summed E-state index contributed by atoms with van der Waals surface area (Å²) < 4.78 is 1.39. The molecule has 3 aromatic rings. The quantitative estimate of drug-likeness (QED) is 0.612. The Morgan fingerprint density at radius 1 is 0.968 bits per heavy atom. The van der Waals surface area contributed by atoms with E-state index in [0.29, 0.717) is 42.9 Å². The van der Waals surface area contributed by atoms with Gasteiger partial charge in [0.05, 0.1) is 17.7 Å². The number of nitriles is 1. The number of carbonyl (C=O) groups excluding carboxylic acids is 2. The van der Waals surface area contributed by atoms with Crippen LogP contribution >= 0.6 is 0 Å². The minimum absolute atomic E-state index is 0.0138. The van der Waals surface area contributed by atoms with Gasteiger partial charge in [-0.25, -0.2) is 0 Å². The van der Waals surface area contributed by atoms with Crippen LogP contribution in [0.3, 0.4) is 0 Å². The van der Waals surface area contributed by atoms with Crippen LogP contribution in [0.4, 0.5) is 5.69 Å². The van der Waals surface area contributed by atoms with E-state index in [1.165, 1.54) is 11.5 Å². The number of hydrogen-bond acceptors (Lipinski definition) is 5. The maximum atomic E-state index is 13.3. The van der Waals surface area contributed by atoms with Crippen molar-refractivity contribution in [3.63, 3.8) is 0 Å². The average molecular weight is 414 g/mol. The van der Waals surface area contributed by atoms with Gasteiger partial charge < -0.3 is 9.80 Å². The molecule has 31 heavy (non-hydrogen) atoms. The van der Waals surface area contributed by atoms with Crippen LogP contribution in [0.5, 0.6) is 0 Å². The van der Waals surface area contributed by atoms with Gasteiger partial charge in [-0.3, -0.25) is 19.0 Å². The molecule has 1 saturated heterocycles. The van der Waals surface area contributed by atoms with Gasteiger partial charge in [-0.05, 0) is 6.07 Å². The number of Topliss-reactive ketones (excluding diaryl/α,β-unsaturated/α-hetero) is 1. The number of anilines is 1. The summed E-state index contributed by atoms with van der Waals surface area (Å²) in [5.74, 6) is -0.181. The van der Waals surface area contributed by atoms with Crippen molar-refractivity contribution in [2.45, 2.75) is 13.5 Å². The predicted octanol–water partition coefficient (Wildman–Crippen LogP) is 2.42. The highest BCUT2D eigenvalue weighted by atomic mass is 16.2. The molecule has 2 heterocycles. The molecule has 1 fully saturated rings. The van der Waals surface area contributed by atoms with Crippen molar-refractivity contribution in [1.29, 1.82) is 5.26 Å². The topological polar surface area (TPSA) is 86.4 Å². The first kappa shape index (κ1) is 20.4. The second-order valence-electron chi connectivity index (χ2n) is 7.53. The molecule has 0 N–H and O–H groups in total. The van der Waals surface area contributed by atoms with Crippen molar-refractivity contribution < 1.29 is 9.59 Å². The van der Waals surface area contributed by atoms with Crippen LogP contribution < -0.4 is 10.5 Å². The zero-order valence-electron chi connectivity index (χ0n) is 17.2. The number of ketones is 1. The number of carbonyl (C=O) groups is 2. The number of piperazine rings is 1. The van der Waals surface area contributed by atoms with Gasteiger partial charge in [-0.2, -0.15) is 5.26 Å². The third-order valence-corrected chi connectivity index (χ3v) is 5.70. The van der Waals surface area contributed by atoms with Crippen LogP contribution in [0.15, 0.2) is 59.4 Å². The third kappa shape index (κ3) is 3.80. The molecule has 0 saturated carbocycles. The standard InChI is InChI=1S/C24H22N4O3/c1-17(29)26-11-13-27(14-12-26)23-19-9-5-6-10-21(19)28(24(31)20(23)15-25)16-22(30)18-7-3-2-4-8-18/h2-10H,11-14,16H2,1H3. The summed E-state index contributed by atoms with van der Waals surface area (Å²) >= 11 is 0. The zero-order valence-corrected chi connectivity index (χ0v) is 17.2. The number of rotatable bonds is 4. The smallest absolute Gasteiger partial charge is 0.271 e. The van der Waals surface area contributed by atoms with Crippen LogP contribution in [0.1, 0.15) is 22.8 Å². The van der Waals surface area contributed by atoms with Crippen LogP contribution in [0, 0.1) is 11.3 Å². The second-order valence-corrected chi connectivity index (χ2v) is 7.53. The van der Waals surface area contributed by atoms with Gasteiger partial charge in [0.1, 0.15) is 11.6 Å². The maximum Gasteiger partial charge on any atom is 0.271 e. The molecule has 2 aromatic carbocycles. The number of amides is 1. The number of aromatic nitrogens is 1. The van der Waals surface area contributed by atoms with Crippen molar-refractivity contribution in [1.82, 2.24) is 9.47 Å². The summed E-state index contributed by atoms with van der Waals surface area (Å²) in [7, 11) is 0. The molecule has 0 bridgehead atoms. The molecule has 156 valence electrons. The molecular weight excluding hydrogens is 392 g/mol. The second kappa shape index (κ2) is 8.44. The highest BCUT2D eigenvalue weighted by molar-refractivity contribution is 5.99. The zero-order chi connectivity index (χ0) is 22.0. The maximum absolute atomic E-state index is 13.3. The van der Waals surface area contributed by atoms with Gasteiger partial charge in [0.2, 0.25) is 5.91 Å². The number of fused-ring (bicyclic) bond motifs is 1. The molecule has 7 heteroatoms. The fourth-order valence-corrected chi connectivity index (χ4v) is 4.08. The molecule has 1 aliphatic heterocycles. The van der Waals surface area contributed by atoms with Gasteiger partial charge in [-0.15, -0.1) is 0 Å². The normalized spacial score (nSPS) is 13.8. The minimum atomic E-state index is -0.477. The van der Waals surface area contributed by atoms with E-state index in [2.05, 4.69) is 6.07 Å². The van der Waals surface area contributed by atoms with Gasteiger partial charge in [-0.1, -0.05) is 48.5 Å². The van der Waals surface area contributed by atoms with E-state index in [4.69, 9.17) is 0 Å². The van der Waals surface area contributed by atoms with E-state index < -0.39 is 5.56 Å². The van der Waals surface area contributed by atoms with E-state index >= 15 is 0 Å². The number of para-hydroxylation sites is 1. The van der Waals surface area contributed by atoms with Crippen molar-refractivity contribution in [3.05, 3.63) is 76.1 Å². The summed E-state index contributed by atoms with van der Waals surface area (Å²) in [4.78, 5) is 41.5. The van der Waals surface area contributed by atoms with Crippen LogP contribution in [0.2, 0.25) is 0 Å². The molecule has 0 aliphatic carbocycles. The summed E-state index contributed by atoms with van der Waals surface area (Å²) in [6.07, 6.45) is 0. The number of pyridine rings is 1. The number of nitrogens with zero attached hydrogens (tertiary/aromatic N) is 4. The predicted molar refractivity (Wildman–Crippen MR) is 118 cm³/mol. The lowest BCUT2D eigenvalue weighted by molar-refractivity contribution is -0.129. The Balaban J connectivity index is 1.81. The highest BCUT2D eigenvalue weighted by Gasteiger charge is 2.26. The van der Waals surface area contributed by atoms with Gasteiger partial charge in [0.15, 0.2) is 5.78 Å². The lowest BCUT2D eigenvalue weighted by Crippen LogP contribution is -2.48. The van der Waals surface area contributed by atoms with Gasteiger partial charge in [0, 0.05) is 44.1 Å². The van der Waals surface area contributed by atoms with E-state index in [-0.39, 0.29) is 23.8 Å². The van der Waals surface area contributed by atoms with Gasteiger partial charge in [0.25, 0.3) is 5.56 Å². The summed E-state index contributed by atoms with van der Waals surface area (Å²) in [5.41, 5.74) is 1.25. The first-order valence-electron chi connectivity index (χ1n) is 10.2. The van der Waals surface area contributed by atoms with Crippen LogP contribution in [0.25, 0.3) is 10.9 Å². The molecule has 7 nitrogen and oxygen atoms in total. The summed E-state index contributed by atoms with van der Waals surface area (Å²) in [6, 6.07) is 18.2. The minimum Gasteiger partial charge on any atom is -0.366 e. The van der Waals surface area contributed by atoms with E-state index in [0.717, 1.165) is 5.39 Å². The Kier molecular flexibility index (Phi) is 5.54. The molecule has 0 atom stereocenters. The SMILES string of the molecule is CC(=O)N1CCN(c2c(C#N)c(=O)n(CC(=O)c3ccccc3)c3ccccc23)CC1. The highest BCUT2D eigenvalue weighted by Crippen LogP contribution is 2.29. The van der Waals surface area contributed by atoms with Crippen LogP contribution in [-0.4, -0.2) is 47.3 Å². The molecule has 4 rings (SSSR count). The average Bonchev–Trinajstić information content (AvgIpc) is 2.81. The van der Waals surface area contributed by atoms with Crippen molar-refractivity contribution in [2.75, 3.05) is 31.1 Å². The Morgan fingerprint density at radius 3 is 2.26 bits per heavy atom. The van der Waals surface area contributed by atoms with E-state index in [1.807, 2.05) is 29.2 Å². The Bertz CT molecular complexity index is 1250. The molecule has 1 aliphatic rings. The molecule has 0 spiro atoms. The third-order valence-electron chi connectivity index (χ3n) is 5.70. The Hall–Kier alpha value is -3.92.